The number of benzene rings is 1. The number of carbonyl (C=O) groups excluding carboxylic acids is 1. The summed E-state index contributed by atoms with van der Waals surface area (Å²) in [5.74, 6) is -0.0758. The highest BCUT2D eigenvalue weighted by atomic mass is 79.9. The second-order valence-corrected chi connectivity index (χ2v) is 6.15. The summed E-state index contributed by atoms with van der Waals surface area (Å²) < 4.78 is 0.899. The van der Waals surface area contributed by atoms with Gasteiger partial charge in [-0.25, -0.2) is 0 Å². The molecule has 0 spiro atoms. The Hall–Kier alpha value is -1.81. The van der Waals surface area contributed by atoms with E-state index in [9.17, 15) is 4.79 Å². The molecule has 0 atom stereocenters. The summed E-state index contributed by atoms with van der Waals surface area (Å²) in [6, 6.07) is 5.69. The lowest BCUT2D eigenvalue weighted by Crippen LogP contribution is -2.30. The van der Waals surface area contributed by atoms with Gasteiger partial charge in [0.25, 0.3) is 5.91 Å². The van der Waals surface area contributed by atoms with Gasteiger partial charge in [0, 0.05) is 28.0 Å². The quantitative estimate of drug-likeness (QED) is 0.873. The average molecular weight is 347 g/mol. The van der Waals surface area contributed by atoms with Crippen LogP contribution in [-0.2, 0) is 0 Å². The van der Waals surface area contributed by atoms with E-state index in [1.807, 2.05) is 39.0 Å². The number of hydrogen-bond acceptors (Lipinski definition) is 2. The summed E-state index contributed by atoms with van der Waals surface area (Å²) in [4.78, 5) is 12.3. The number of carbonyl (C=O) groups is 1. The molecule has 4 heteroatoms. The molecular formula is C17H19BrN2O. The Labute approximate surface area is 133 Å². The van der Waals surface area contributed by atoms with E-state index >= 15 is 0 Å². The molecule has 0 saturated heterocycles. The molecule has 1 aromatic rings. The summed E-state index contributed by atoms with van der Waals surface area (Å²) >= 11 is 3.40. The van der Waals surface area contributed by atoms with Crippen LogP contribution in [0.4, 0.5) is 0 Å². The van der Waals surface area contributed by atoms with Crippen molar-refractivity contribution in [1.82, 2.24) is 10.6 Å². The Bertz CT molecular complexity index is 671. The van der Waals surface area contributed by atoms with Crippen molar-refractivity contribution in [3.05, 3.63) is 69.0 Å². The third-order valence-electron chi connectivity index (χ3n) is 3.49. The Morgan fingerprint density at radius 1 is 1.33 bits per heavy atom. The summed E-state index contributed by atoms with van der Waals surface area (Å²) in [5.41, 5.74) is 5.71. The van der Waals surface area contributed by atoms with Crippen LogP contribution >= 0.6 is 15.9 Å². The SMILES string of the molecule is C=C1NC(C)=CC(C)=C1CNC(=O)c1cc(Br)ccc1C. The van der Waals surface area contributed by atoms with Crippen molar-refractivity contribution in [2.45, 2.75) is 20.8 Å². The second-order valence-electron chi connectivity index (χ2n) is 5.23. The van der Waals surface area contributed by atoms with Crippen LogP contribution < -0.4 is 10.6 Å². The van der Waals surface area contributed by atoms with Crippen LogP contribution in [0.2, 0.25) is 0 Å². The highest BCUT2D eigenvalue weighted by Crippen LogP contribution is 2.20. The van der Waals surface area contributed by atoms with Crippen molar-refractivity contribution in [2.24, 2.45) is 0 Å². The zero-order valence-electron chi connectivity index (χ0n) is 12.5. The standard InChI is InChI=1S/C17H19BrN2O/c1-10-5-6-14(18)8-15(10)17(21)19-9-16-11(2)7-12(3)20-13(16)4/h5-8,20H,4,9H2,1-3H3,(H,19,21). The number of nitrogens with one attached hydrogen (secondary N) is 2. The van der Waals surface area contributed by atoms with Gasteiger partial charge in [-0.2, -0.15) is 0 Å². The number of halogens is 1. The molecule has 0 fully saturated rings. The van der Waals surface area contributed by atoms with Crippen LogP contribution in [0.25, 0.3) is 0 Å². The molecule has 21 heavy (non-hydrogen) atoms. The Kier molecular flexibility index (Phi) is 4.68. The number of aryl methyl sites for hydroxylation is 1. The topological polar surface area (TPSA) is 41.1 Å². The Morgan fingerprint density at radius 3 is 2.71 bits per heavy atom. The van der Waals surface area contributed by atoms with E-state index in [0.29, 0.717) is 12.1 Å². The fraction of sp³-hybridized carbons (Fsp3) is 0.235. The molecule has 1 amide bonds. The van der Waals surface area contributed by atoms with Gasteiger partial charge in [0.1, 0.15) is 0 Å². The third-order valence-corrected chi connectivity index (χ3v) is 3.98. The lowest BCUT2D eigenvalue weighted by molar-refractivity contribution is 0.0956. The summed E-state index contributed by atoms with van der Waals surface area (Å²) in [6.07, 6.45) is 2.06. The molecule has 3 nitrogen and oxygen atoms in total. The highest BCUT2D eigenvalue weighted by Gasteiger charge is 2.14. The van der Waals surface area contributed by atoms with Gasteiger partial charge in [0.15, 0.2) is 0 Å². The monoisotopic (exact) mass is 346 g/mol. The predicted octanol–water partition coefficient (Wildman–Crippen LogP) is 3.82. The van der Waals surface area contributed by atoms with Crippen molar-refractivity contribution < 1.29 is 4.79 Å². The van der Waals surface area contributed by atoms with Crippen LogP contribution in [0.1, 0.15) is 29.8 Å². The first-order chi connectivity index (χ1) is 9.88. The number of amides is 1. The minimum atomic E-state index is -0.0758. The van der Waals surface area contributed by atoms with E-state index in [4.69, 9.17) is 0 Å². The number of dihydropyridines is 1. The first-order valence-corrected chi connectivity index (χ1v) is 7.56. The van der Waals surface area contributed by atoms with E-state index in [2.05, 4.69) is 39.2 Å². The zero-order valence-corrected chi connectivity index (χ0v) is 14.1. The predicted molar refractivity (Wildman–Crippen MR) is 89.9 cm³/mol. The molecule has 2 rings (SSSR count). The average Bonchev–Trinajstić information content (AvgIpc) is 2.40. The smallest absolute Gasteiger partial charge is 0.251 e. The minimum absolute atomic E-state index is 0.0758. The van der Waals surface area contributed by atoms with E-state index in [-0.39, 0.29) is 5.91 Å². The molecule has 1 aliphatic heterocycles. The molecule has 0 saturated carbocycles. The maximum atomic E-state index is 12.3. The fourth-order valence-corrected chi connectivity index (χ4v) is 2.71. The Morgan fingerprint density at radius 2 is 2.05 bits per heavy atom. The van der Waals surface area contributed by atoms with Crippen molar-refractivity contribution in [3.8, 4) is 0 Å². The summed E-state index contributed by atoms with van der Waals surface area (Å²) in [5, 5.41) is 6.16. The number of rotatable bonds is 3. The van der Waals surface area contributed by atoms with Crippen LogP contribution in [0.5, 0.6) is 0 Å². The molecule has 0 bridgehead atoms. The van der Waals surface area contributed by atoms with Gasteiger partial charge in [0.05, 0.1) is 0 Å². The van der Waals surface area contributed by atoms with E-state index in [0.717, 1.165) is 32.6 Å². The molecule has 0 unspecified atom stereocenters. The highest BCUT2D eigenvalue weighted by molar-refractivity contribution is 9.10. The van der Waals surface area contributed by atoms with Crippen LogP contribution in [0, 0.1) is 6.92 Å². The van der Waals surface area contributed by atoms with Crippen molar-refractivity contribution in [2.75, 3.05) is 6.54 Å². The molecule has 110 valence electrons. The second kappa shape index (κ2) is 6.31. The maximum absolute atomic E-state index is 12.3. The van der Waals surface area contributed by atoms with Gasteiger partial charge in [-0.1, -0.05) is 28.6 Å². The molecule has 2 N–H and O–H groups in total. The van der Waals surface area contributed by atoms with Gasteiger partial charge in [-0.3, -0.25) is 4.79 Å². The molecule has 1 aliphatic rings. The maximum Gasteiger partial charge on any atom is 0.251 e. The molecular weight excluding hydrogens is 328 g/mol. The first-order valence-electron chi connectivity index (χ1n) is 6.77. The first kappa shape index (κ1) is 15.6. The van der Waals surface area contributed by atoms with Gasteiger partial charge in [-0.15, -0.1) is 0 Å². The summed E-state index contributed by atoms with van der Waals surface area (Å²) in [6.45, 7) is 10.4. The van der Waals surface area contributed by atoms with E-state index in [1.165, 1.54) is 0 Å². The van der Waals surface area contributed by atoms with Gasteiger partial charge in [0.2, 0.25) is 0 Å². The largest absolute Gasteiger partial charge is 0.359 e. The molecule has 1 heterocycles. The molecule has 0 aliphatic carbocycles. The lowest BCUT2D eigenvalue weighted by Gasteiger charge is -2.21. The van der Waals surface area contributed by atoms with Crippen molar-refractivity contribution >= 4 is 21.8 Å². The van der Waals surface area contributed by atoms with Crippen molar-refractivity contribution in [3.63, 3.8) is 0 Å². The lowest BCUT2D eigenvalue weighted by atomic mass is 10.0. The van der Waals surface area contributed by atoms with Gasteiger partial charge < -0.3 is 10.6 Å². The zero-order chi connectivity index (χ0) is 15.6. The molecule has 0 aromatic heterocycles. The van der Waals surface area contributed by atoms with Gasteiger partial charge in [-0.05, 0) is 55.7 Å². The molecule has 1 aromatic carbocycles. The summed E-state index contributed by atoms with van der Waals surface area (Å²) in [7, 11) is 0. The number of hydrogen-bond donors (Lipinski definition) is 2. The van der Waals surface area contributed by atoms with E-state index < -0.39 is 0 Å². The van der Waals surface area contributed by atoms with Crippen LogP contribution in [-0.4, -0.2) is 12.5 Å². The number of allylic oxidation sites excluding steroid dienone is 3. The third kappa shape index (κ3) is 3.64. The Balaban J connectivity index is 2.13. The molecule has 0 radical (unpaired) electrons. The minimum Gasteiger partial charge on any atom is -0.359 e. The van der Waals surface area contributed by atoms with Gasteiger partial charge >= 0.3 is 0 Å². The van der Waals surface area contributed by atoms with Crippen molar-refractivity contribution in [1.29, 1.82) is 0 Å². The van der Waals surface area contributed by atoms with Crippen LogP contribution in [0.3, 0.4) is 0 Å². The fourth-order valence-electron chi connectivity index (χ4n) is 2.35. The van der Waals surface area contributed by atoms with E-state index in [1.54, 1.807) is 0 Å². The van der Waals surface area contributed by atoms with Crippen LogP contribution in [0.15, 0.2) is 57.9 Å². The normalized spacial score (nSPS) is 14.7.